The minimum Gasteiger partial charge on any atom is -0.404 e. The van der Waals surface area contributed by atoms with E-state index in [1.54, 1.807) is 11.6 Å². The Morgan fingerprint density at radius 1 is 1.28 bits per heavy atom. The standard InChI is InChI=1S/C11H9F3N2OS/c12-11(13,14)17-10-4-2-1-3-9(10)15-5-8-6-18-7-16-8/h1-4,6-7,15H,5H2. The molecule has 0 aliphatic rings. The van der Waals surface area contributed by atoms with Crippen molar-refractivity contribution in [3.05, 3.63) is 40.8 Å². The average molecular weight is 274 g/mol. The maximum atomic E-state index is 12.2. The zero-order chi connectivity index (χ0) is 13.0. The number of thiazole rings is 1. The van der Waals surface area contributed by atoms with Crippen LogP contribution in [0.5, 0.6) is 5.75 Å². The van der Waals surface area contributed by atoms with Gasteiger partial charge in [-0.25, -0.2) is 4.98 Å². The number of ether oxygens (including phenoxy) is 1. The Morgan fingerprint density at radius 3 is 2.72 bits per heavy atom. The number of rotatable bonds is 4. The molecule has 0 bridgehead atoms. The van der Waals surface area contributed by atoms with Gasteiger partial charge in [-0.05, 0) is 12.1 Å². The van der Waals surface area contributed by atoms with Gasteiger partial charge in [-0.1, -0.05) is 12.1 Å². The number of alkyl halides is 3. The van der Waals surface area contributed by atoms with Crippen LogP contribution in [0, 0.1) is 0 Å². The van der Waals surface area contributed by atoms with Crippen molar-refractivity contribution in [2.45, 2.75) is 12.9 Å². The molecule has 96 valence electrons. The van der Waals surface area contributed by atoms with E-state index in [0.29, 0.717) is 6.54 Å². The van der Waals surface area contributed by atoms with Crippen LogP contribution in [0.3, 0.4) is 0 Å². The van der Waals surface area contributed by atoms with Gasteiger partial charge >= 0.3 is 6.36 Å². The highest BCUT2D eigenvalue weighted by Gasteiger charge is 2.32. The summed E-state index contributed by atoms with van der Waals surface area (Å²) in [6.45, 7) is 0.349. The summed E-state index contributed by atoms with van der Waals surface area (Å²) in [5, 5.41) is 4.68. The van der Waals surface area contributed by atoms with Crippen molar-refractivity contribution in [2.75, 3.05) is 5.32 Å². The molecule has 1 N–H and O–H groups in total. The third-order valence-corrected chi connectivity index (χ3v) is 2.69. The molecular weight excluding hydrogens is 265 g/mol. The molecule has 0 radical (unpaired) electrons. The topological polar surface area (TPSA) is 34.1 Å². The lowest BCUT2D eigenvalue weighted by Crippen LogP contribution is -2.18. The minimum atomic E-state index is -4.70. The first kappa shape index (κ1) is 12.7. The highest BCUT2D eigenvalue weighted by Crippen LogP contribution is 2.30. The summed E-state index contributed by atoms with van der Waals surface area (Å²) in [6, 6.07) is 5.89. The second-order valence-electron chi connectivity index (χ2n) is 3.38. The van der Waals surface area contributed by atoms with Crippen LogP contribution >= 0.6 is 11.3 Å². The smallest absolute Gasteiger partial charge is 0.404 e. The van der Waals surface area contributed by atoms with Crippen LogP contribution in [0.15, 0.2) is 35.2 Å². The van der Waals surface area contributed by atoms with Crippen LogP contribution in [0.25, 0.3) is 0 Å². The lowest BCUT2D eigenvalue weighted by Gasteiger charge is -2.13. The summed E-state index contributed by atoms with van der Waals surface area (Å²) in [6.07, 6.45) is -4.70. The third kappa shape index (κ3) is 3.63. The number of hydrogen-bond acceptors (Lipinski definition) is 4. The van der Waals surface area contributed by atoms with Gasteiger partial charge in [-0.2, -0.15) is 0 Å². The van der Waals surface area contributed by atoms with E-state index in [0.717, 1.165) is 5.69 Å². The fraction of sp³-hybridized carbons (Fsp3) is 0.182. The van der Waals surface area contributed by atoms with Crippen molar-refractivity contribution in [1.29, 1.82) is 0 Å². The number of halogens is 3. The van der Waals surface area contributed by atoms with E-state index in [2.05, 4.69) is 15.0 Å². The molecule has 1 aromatic heterocycles. The summed E-state index contributed by atoms with van der Waals surface area (Å²) in [4.78, 5) is 4.03. The molecule has 0 amide bonds. The summed E-state index contributed by atoms with van der Waals surface area (Å²) in [7, 11) is 0. The maximum absolute atomic E-state index is 12.2. The van der Waals surface area contributed by atoms with Crippen molar-refractivity contribution in [1.82, 2.24) is 4.98 Å². The van der Waals surface area contributed by atoms with Crippen molar-refractivity contribution < 1.29 is 17.9 Å². The first-order valence-electron chi connectivity index (χ1n) is 5.00. The molecule has 0 aliphatic carbocycles. The first-order valence-corrected chi connectivity index (χ1v) is 5.94. The predicted molar refractivity (Wildman–Crippen MR) is 62.6 cm³/mol. The minimum absolute atomic E-state index is 0.250. The molecule has 0 atom stereocenters. The number of para-hydroxylation sites is 2. The van der Waals surface area contributed by atoms with Crippen LogP contribution in [-0.4, -0.2) is 11.3 Å². The fourth-order valence-corrected chi connectivity index (χ4v) is 1.90. The zero-order valence-electron chi connectivity index (χ0n) is 9.07. The molecule has 18 heavy (non-hydrogen) atoms. The lowest BCUT2D eigenvalue weighted by atomic mass is 10.3. The van der Waals surface area contributed by atoms with Crippen LogP contribution in [0.2, 0.25) is 0 Å². The molecular formula is C11H9F3N2OS. The summed E-state index contributed by atoms with van der Waals surface area (Å²) < 4.78 is 40.4. The van der Waals surface area contributed by atoms with E-state index in [1.807, 2.05) is 5.38 Å². The average Bonchev–Trinajstić information content (AvgIpc) is 2.79. The van der Waals surface area contributed by atoms with Gasteiger partial charge in [-0.15, -0.1) is 24.5 Å². The fourth-order valence-electron chi connectivity index (χ4n) is 1.34. The first-order chi connectivity index (χ1) is 8.54. The molecule has 0 saturated heterocycles. The molecule has 2 rings (SSSR count). The molecule has 0 unspecified atom stereocenters. The quantitative estimate of drug-likeness (QED) is 0.924. The maximum Gasteiger partial charge on any atom is 0.573 e. The van der Waals surface area contributed by atoms with E-state index < -0.39 is 6.36 Å². The molecule has 2 aromatic rings. The molecule has 3 nitrogen and oxygen atoms in total. The highest BCUT2D eigenvalue weighted by atomic mass is 32.1. The van der Waals surface area contributed by atoms with Gasteiger partial charge in [0, 0.05) is 5.38 Å². The van der Waals surface area contributed by atoms with Crippen LogP contribution < -0.4 is 10.1 Å². The monoisotopic (exact) mass is 274 g/mol. The van der Waals surface area contributed by atoms with Gasteiger partial charge in [0.1, 0.15) is 0 Å². The Kier molecular flexibility index (Phi) is 3.71. The van der Waals surface area contributed by atoms with Gasteiger partial charge in [-0.3, -0.25) is 0 Å². The molecule has 0 saturated carbocycles. The number of nitrogens with zero attached hydrogens (tertiary/aromatic N) is 1. The summed E-state index contributed by atoms with van der Waals surface area (Å²) >= 11 is 1.43. The molecule has 0 aliphatic heterocycles. The van der Waals surface area contributed by atoms with Crippen molar-refractivity contribution in [2.24, 2.45) is 0 Å². The Balaban J connectivity index is 2.07. The molecule has 7 heteroatoms. The second-order valence-corrected chi connectivity index (χ2v) is 4.10. The Bertz CT molecular complexity index is 499. The Morgan fingerprint density at radius 2 is 2.06 bits per heavy atom. The third-order valence-electron chi connectivity index (χ3n) is 2.06. The predicted octanol–water partition coefficient (Wildman–Crippen LogP) is 3.65. The van der Waals surface area contributed by atoms with Crippen molar-refractivity contribution in [3.8, 4) is 5.75 Å². The van der Waals surface area contributed by atoms with Crippen LogP contribution in [0.1, 0.15) is 5.69 Å². The number of benzene rings is 1. The number of anilines is 1. The molecule has 1 aromatic carbocycles. The number of nitrogens with one attached hydrogen (secondary N) is 1. The largest absolute Gasteiger partial charge is 0.573 e. The number of hydrogen-bond donors (Lipinski definition) is 1. The second kappa shape index (κ2) is 5.26. The van der Waals surface area contributed by atoms with Crippen LogP contribution in [-0.2, 0) is 6.54 Å². The van der Waals surface area contributed by atoms with Gasteiger partial charge in [0.05, 0.1) is 23.4 Å². The van der Waals surface area contributed by atoms with Gasteiger partial charge in [0.25, 0.3) is 0 Å². The van der Waals surface area contributed by atoms with E-state index in [-0.39, 0.29) is 11.4 Å². The number of aromatic nitrogens is 1. The normalized spacial score (nSPS) is 11.3. The van der Waals surface area contributed by atoms with Crippen LogP contribution in [0.4, 0.5) is 18.9 Å². The van der Waals surface area contributed by atoms with Crippen molar-refractivity contribution in [3.63, 3.8) is 0 Å². The lowest BCUT2D eigenvalue weighted by molar-refractivity contribution is -0.274. The van der Waals surface area contributed by atoms with Gasteiger partial charge in [0.2, 0.25) is 0 Å². The zero-order valence-corrected chi connectivity index (χ0v) is 9.89. The highest BCUT2D eigenvalue weighted by molar-refractivity contribution is 7.07. The summed E-state index contributed by atoms with van der Waals surface area (Å²) in [5.41, 5.74) is 2.71. The van der Waals surface area contributed by atoms with Crippen molar-refractivity contribution >= 4 is 17.0 Å². The van der Waals surface area contributed by atoms with E-state index in [4.69, 9.17) is 0 Å². The SMILES string of the molecule is FC(F)(F)Oc1ccccc1NCc1cscn1. The van der Waals surface area contributed by atoms with E-state index in [9.17, 15) is 13.2 Å². The van der Waals surface area contributed by atoms with E-state index in [1.165, 1.54) is 29.5 Å². The van der Waals surface area contributed by atoms with E-state index >= 15 is 0 Å². The van der Waals surface area contributed by atoms with Gasteiger partial charge < -0.3 is 10.1 Å². The van der Waals surface area contributed by atoms with Gasteiger partial charge in [0.15, 0.2) is 5.75 Å². The Hall–Kier alpha value is -1.76. The molecule has 0 spiro atoms. The molecule has 1 heterocycles. The Labute approximate surface area is 105 Å². The summed E-state index contributed by atoms with van der Waals surface area (Å²) in [5.74, 6) is -0.250. The molecule has 0 fully saturated rings.